The Balaban J connectivity index is 3.33. The average Bonchev–Trinajstić information content (AvgIpc) is 2.11. The third-order valence-electron chi connectivity index (χ3n) is 1.89. The number of rotatable bonds is 1. The smallest absolute Gasteiger partial charge is 0.248 e. The van der Waals surface area contributed by atoms with Gasteiger partial charge in [0.25, 0.3) is 0 Å². The molecular formula is C7H7B2N3O2. The van der Waals surface area contributed by atoms with Crippen molar-refractivity contribution in [3.8, 4) is 5.75 Å². The lowest BCUT2D eigenvalue weighted by atomic mass is 9.83. The van der Waals surface area contributed by atoms with Gasteiger partial charge in [-0.25, -0.2) is 0 Å². The Morgan fingerprint density at radius 3 is 2.71 bits per heavy atom. The van der Waals surface area contributed by atoms with Crippen LogP contribution >= 0.6 is 0 Å². The fourth-order valence-electron chi connectivity index (χ4n) is 1.16. The first-order valence-corrected chi connectivity index (χ1v) is 3.96. The van der Waals surface area contributed by atoms with E-state index in [0.717, 1.165) is 5.46 Å². The molecule has 0 fully saturated rings. The van der Waals surface area contributed by atoms with Crippen LogP contribution in [0.1, 0.15) is 10.4 Å². The molecule has 0 aromatic heterocycles. The number of benzene rings is 1. The first-order valence-electron chi connectivity index (χ1n) is 3.96. The number of azide groups is 1. The van der Waals surface area contributed by atoms with Gasteiger partial charge in [-0.2, -0.15) is 0 Å². The van der Waals surface area contributed by atoms with Crippen molar-refractivity contribution in [1.82, 2.24) is 0 Å². The summed E-state index contributed by atoms with van der Waals surface area (Å²) in [5.74, 6) is -0.648. The molecule has 1 aromatic rings. The number of carbonyl (C=O) groups excluding carboxylic acids is 1. The lowest BCUT2D eigenvalue weighted by Crippen LogP contribution is -2.19. The molecule has 0 saturated heterocycles. The second kappa shape index (κ2) is 3.89. The summed E-state index contributed by atoms with van der Waals surface area (Å²) in [6.07, 6.45) is 0. The van der Waals surface area contributed by atoms with Crippen molar-refractivity contribution in [3.63, 3.8) is 0 Å². The predicted octanol–water partition coefficient (Wildman–Crippen LogP) is -1.64. The first kappa shape index (κ1) is 10.2. The van der Waals surface area contributed by atoms with Gasteiger partial charge in [-0.3, -0.25) is 4.79 Å². The Labute approximate surface area is 82.2 Å². The van der Waals surface area contributed by atoms with Crippen LogP contribution in [0.4, 0.5) is 0 Å². The van der Waals surface area contributed by atoms with Crippen LogP contribution in [0.5, 0.6) is 5.75 Å². The molecule has 0 atom stereocenters. The SMILES string of the molecule is Bc1cc(O)c(B)c(C(=O)N=[N+]=[N-])c1. The van der Waals surface area contributed by atoms with Crippen molar-refractivity contribution in [3.05, 3.63) is 28.1 Å². The number of carbonyl (C=O) groups is 1. The minimum Gasteiger partial charge on any atom is -0.509 e. The number of nitrogens with zero attached hydrogens (tertiary/aromatic N) is 3. The zero-order valence-corrected chi connectivity index (χ0v) is 7.85. The molecule has 0 radical (unpaired) electrons. The molecular weight excluding hydrogens is 180 g/mol. The lowest BCUT2D eigenvalue weighted by molar-refractivity contribution is 0.100. The quantitative estimate of drug-likeness (QED) is 0.247. The van der Waals surface area contributed by atoms with Gasteiger partial charge in [0.15, 0.2) is 0 Å². The standard InChI is InChI=1S/C7H7B2N3O2/c8-3-1-4(7(14)11-12-10)6(9)5(13)2-3/h1-2,13H,8-9H2. The molecule has 1 rings (SSSR count). The number of aromatic hydroxyl groups is 1. The Kier molecular flexibility index (Phi) is 2.84. The molecule has 0 saturated carbocycles. The molecule has 1 aromatic carbocycles. The molecule has 0 heterocycles. The maximum atomic E-state index is 11.2. The highest BCUT2D eigenvalue weighted by Crippen LogP contribution is 2.05. The molecule has 0 unspecified atom stereocenters. The Morgan fingerprint density at radius 2 is 2.14 bits per heavy atom. The third-order valence-corrected chi connectivity index (χ3v) is 1.89. The van der Waals surface area contributed by atoms with E-state index in [-0.39, 0.29) is 11.3 Å². The minimum absolute atomic E-state index is 0.0292. The summed E-state index contributed by atoms with van der Waals surface area (Å²) >= 11 is 0. The van der Waals surface area contributed by atoms with E-state index in [1.807, 2.05) is 0 Å². The summed E-state index contributed by atoms with van der Waals surface area (Å²) in [7, 11) is 3.33. The van der Waals surface area contributed by atoms with Gasteiger partial charge in [0, 0.05) is 10.5 Å². The van der Waals surface area contributed by atoms with Crippen LogP contribution in [0.3, 0.4) is 0 Å². The second-order valence-electron chi connectivity index (χ2n) is 2.95. The first-order chi connectivity index (χ1) is 6.56. The van der Waals surface area contributed by atoms with E-state index < -0.39 is 5.91 Å². The van der Waals surface area contributed by atoms with E-state index >= 15 is 0 Å². The summed E-state index contributed by atoms with van der Waals surface area (Å²) in [6.45, 7) is 0. The highest BCUT2D eigenvalue weighted by atomic mass is 16.3. The van der Waals surface area contributed by atoms with Crippen LogP contribution < -0.4 is 10.9 Å². The van der Waals surface area contributed by atoms with Crippen molar-refractivity contribution in [2.24, 2.45) is 5.11 Å². The summed E-state index contributed by atoms with van der Waals surface area (Å²) in [6, 6.07) is 3.12. The highest BCUT2D eigenvalue weighted by molar-refractivity contribution is 6.40. The van der Waals surface area contributed by atoms with Gasteiger partial charge in [0.05, 0.1) is 0 Å². The third kappa shape index (κ3) is 1.89. The number of phenols is 1. The molecule has 0 spiro atoms. The fourth-order valence-corrected chi connectivity index (χ4v) is 1.16. The van der Waals surface area contributed by atoms with E-state index in [0.29, 0.717) is 5.46 Å². The van der Waals surface area contributed by atoms with Crippen LogP contribution in [-0.4, -0.2) is 26.7 Å². The Bertz CT molecular complexity index is 441. The predicted molar refractivity (Wildman–Crippen MR) is 57.9 cm³/mol. The fraction of sp³-hybridized carbons (Fsp3) is 0. The summed E-state index contributed by atoms with van der Waals surface area (Å²) in [5.41, 5.74) is 9.50. The monoisotopic (exact) mass is 187 g/mol. The van der Waals surface area contributed by atoms with Crippen LogP contribution in [-0.2, 0) is 0 Å². The topological polar surface area (TPSA) is 86.1 Å². The zero-order chi connectivity index (χ0) is 10.7. The largest absolute Gasteiger partial charge is 0.509 e. The van der Waals surface area contributed by atoms with E-state index in [4.69, 9.17) is 5.53 Å². The Hall–Kier alpha value is -1.87. The molecule has 68 valence electrons. The number of hydrogen-bond acceptors (Lipinski definition) is 2. The maximum absolute atomic E-state index is 11.2. The molecule has 0 aliphatic carbocycles. The van der Waals surface area contributed by atoms with Crippen molar-refractivity contribution >= 4 is 32.5 Å². The van der Waals surface area contributed by atoms with Gasteiger partial charge in [-0.05, 0) is 22.2 Å². The summed E-state index contributed by atoms with van der Waals surface area (Å²) in [5, 5.41) is 12.4. The number of phenolic OH excluding ortho intramolecular Hbond substituents is 1. The van der Waals surface area contributed by atoms with Crippen LogP contribution in [0.2, 0.25) is 0 Å². The molecule has 0 aliphatic rings. The molecule has 1 N–H and O–H groups in total. The van der Waals surface area contributed by atoms with Crippen LogP contribution in [0.15, 0.2) is 17.2 Å². The van der Waals surface area contributed by atoms with Crippen molar-refractivity contribution in [2.75, 3.05) is 0 Å². The molecule has 0 bridgehead atoms. The minimum atomic E-state index is -0.677. The van der Waals surface area contributed by atoms with Gasteiger partial charge in [-0.15, -0.1) is 0 Å². The zero-order valence-electron chi connectivity index (χ0n) is 7.85. The van der Waals surface area contributed by atoms with E-state index in [2.05, 4.69) is 10.0 Å². The van der Waals surface area contributed by atoms with Crippen molar-refractivity contribution in [1.29, 1.82) is 0 Å². The van der Waals surface area contributed by atoms with Crippen molar-refractivity contribution < 1.29 is 9.90 Å². The molecule has 7 heteroatoms. The van der Waals surface area contributed by atoms with Crippen LogP contribution in [0.25, 0.3) is 10.4 Å². The lowest BCUT2D eigenvalue weighted by Gasteiger charge is -2.05. The van der Waals surface area contributed by atoms with Crippen molar-refractivity contribution in [2.45, 2.75) is 0 Å². The van der Waals surface area contributed by atoms with Gasteiger partial charge in [0.2, 0.25) is 5.91 Å². The average molecular weight is 187 g/mol. The van der Waals surface area contributed by atoms with Gasteiger partial charge < -0.3 is 5.11 Å². The van der Waals surface area contributed by atoms with E-state index in [1.54, 1.807) is 27.8 Å². The molecule has 1 amide bonds. The van der Waals surface area contributed by atoms with Gasteiger partial charge in [-0.1, -0.05) is 11.5 Å². The second-order valence-corrected chi connectivity index (χ2v) is 2.95. The number of amides is 1. The molecule has 0 aliphatic heterocycles. The maximum Gasteiger partial charge on any atom is 0.248 e. The van der Waals surface area contributed by atoms with E-state index in [1.165, 1.54) is 0 Å². The van der Waals surface area contributed by atoms with Crippen LogP contribution in [0, 0.1) is 0 Å². The number of hydrogen-bond donors (Lipinski definition) is 1. The Morgan fingerprint density at radius 1 is 1.50 bits per heavy atom. The van der Waals surface area contributed by atoms with Gasteiger partial charge >= 0.3 is 0 Å². The summed E-state index contributed by atoms with van der Waals surface area (Å²) in [4.78, 5) is 13.6. The highest BCUT2D eigenvalue weighted by Gasteiger charge is 2.10. The summed E-state index contributed by atoms with van der Waals surface area (Å²) < 4.78 is 0. The molecule has 14 heavy (non-hydrogen) atoms. The molecule has 5 nitrogen and oxygen atoms in total. The van der Waals surface area contributed by atoms with Gasteiger partial charge in [0.1, 0.15) is 21.4 Å². The van der Waals surface area contributed by atoms with E-state index in [9.17, 15) is 9.90 Å². The normalized spacial score (nSPS) is 9.14.